The van der Waals surface area contributed by atoms with Gasteiger partial charge in [-0.25, -0.2) is 27.8 Å². The van der Waals surface area contributed by atoms with Crippen molar-refractivity contribution >= 4 is 0 Å². The second kappa shape index (κ2) is 11.9. The third kappa shape index (κ3) is 17.3. The SMILES string of the molecule is CCCCCCCCCCn1cc[n+](C)c1.[O-][Cl+3]([O-])([O-])[O-]. The van der Waals surface area contributed by atoms with Gasteiger partial charge in [0.2, 0.25) is 6.33 Å². The highest BCUT2D eigenvalue weighted by molar-refractivity contribution is 4.65. The van der Waals surface area contributed by atoms with Crippen LogP contribution < -0.4 is 23.2 Å². The number of aryl methyl sites for hydroxylation is 2. The van der Waals surface area contributed by atoms with Crippen molar-refractivity contribution in [2.75, 3.05) is 0 Å². The number of hydrogen-bond acceptors (Lipinski definition) is 4. The largest absolute Gasteiger partial charge is 0.243 e. The second-order valence-corrected chi connectivity index (χ2v) is 5.93. The van der Waals surface area contributed by atoms with Crippen LogP contribution in [0.3, 0.4) is 0 Å². The normalized spacial score (nSPS) is 11.1. The predicted molar refractivity (Wildman–Crippen MR) is 68.2 cm³/mol. The molecule has 0 saturated heterocycles. The predicted octanol–water partition coefficient (Wildman–Crippen LogP) is -1.30. The Kier molecular flexibility index (Phi) is 11.6. The molecule has 7 heteroatoms. The average Bonchev–Trinajstić information content (AvgIpc) is 2.76. The van der Waals surface area contributed by atoms with Crippen molar-refractivity contribution in [3.8, 4) is 0 Å². The Hall–Kier alpha value is -0.660. The fourth-order valence-electron chi connectivity index (χ4n) is 2.06. The Morgan fingerprint density at radius 3 is 1.81 bits per heavy atom. The molecule has 0 amide bonds. The molecule has 0 bridgehead atoms. The van der Waals surface area contributed by atoms with Crippen LogP contribution in [0.1, 0.15) is 58.3 Å². The smallest absolute Gasteiger partial charge is 0.240 e. The van der Waals surface area contributed by atoms with Crippen molar-refractivity contribution < 1.29 is 33.4 Å². The minimum Gasteiger partial charge on any atom is -0.240 e. The molecule has 0 saturated carbocycles. The number of hydrogen-bond donors (Lipinski definition) is 0. The molecule has 0 spiro atoms. The Morgan fingerprint density at radius 1 is 0.905 bits per heavy atom. The lowest BCUT2D eigenvalue weighted by Crippen LogP contribution is -2.68. The summed E-state index contributed by atoms with van der Waals surface area (Å²) in [5, 5.41) is 0. The zero-order valence-electron chi connectivity index (χ0n) is 13.0. The maximum atomic E-state index is 8.49. The monoisotopic (exact) mass is 322 g/mol. The van der Waals surface area contributed by atoms with Crippen LogP contribution in [0, 0.1) is 10.2 Å². The summed E-state index contributed by atoms with van der Waals surface area (Å²) >= 11 is 0. The topological polar surface area (TPSA) is 101 Å². The van der Waals surface area contributed by atoms with Crippen LogP contribution >= 0.6 is 0 Å². The summed E-state index contributed by atoms with van der Waals surface area (Å²) in [5.41, 5.74) is 0. The number of nitrogens with zero attached hydrogens (tertiary/aromatic N) is 2. The third-order valence-electron chi connectivity index (χ3n) is 3.09. The summed E-state index contributed by atoms with van der Waals surface area (Å²) < 4.78 is 38.3. The Labute approximate surface area is 129 Å². The van der Waals surface area contributed by atoms with E-state index in [-0.39, 0.29) is 0 Å². The van der Waals surface area contributed by atoms with E-state index in [0.717, 1.165) is 0 Å². The lowest BCUT2D eigenvalue weighted by Gasteiger charge is -2.17. The highest BCUT2D eigenvalue weighted by Gasteiger charge is 1.98. The molecule has 0 fully saturated rings. The van der Waals surface area contributed by atoms with Crippen molar-refractivity contribution in [3.63, 3.8) is 0 Å². The zero-order valence-corrected chi connectivity index (χ0v) is 13.8. The number of imidazole rings is 1. The van der Waals surface area contributed by atoms with E-state index < -0.39 is 10.2 Å². The number of aromatic nitrogens is 2. The third-order valence-corrected chi connectivity index (χ3v) is 3.09. The number of halogens is 1. The van der Waals surface area contributed by atoms with Gasteiger partial charge in [0.15, 0.2) is 0 Å². The van der Waals surface area contributed by atoms with Crippen LogP contribution in [-0.2, 0) is 13.6 Å². The van der Waals surface area contributed by atoms with Gasteiger partial charge in [0, 0.05) is 0 Å². The minimum absolute atomic E-state index is 1.18. The van der Waals surface area contributed by atoms with Crippen molar-refractivity contribution in [1.82, 2.24) is 4.57 Å². The summed E-state index contributed by atoms with van der Waals surface area (Å²) in [5.74, 6) is 0. The van der Waals surface area contributed by atoms with Crippen LogP contribution in [0.5, 0.6) is 0 Å². The van der Waals surface area contributed by atoms with Gasteiger partial charge in [0.25, 0.3) is 0 Å². The summed E-state index contributed by atoms with van der Waals surface area (Å²) in [4.78, 5) is 0. The summed E-state index contributed by atoms with van der Waals surface area (Å²) in [6, 6.07) is 0. The van der Waals surface area contributed by atoms with E-state index in [1.54, 1.807) is 0 Å². The highest BCUT2D eigenvalue weighted by Crippen LogP contribution is 2.08. The molecular weight excluding hydrogens is 296 g/mol. The quantitative estimate of drug-likeness (QED) is 0.416. The van der Waals surface area contributed by atoms with Gasteiger partial charge in [-0.15, -0.1) is 10.2 Å². The molecule has 0 aromatic carbocycles. The first-order valence-corrected chi connectivity index (χ1v) is 8.69. The molecule has 0 aliphatic heterocycles. The van der Waals surface area contributed by atoms with Crippen LogP contribution in [0.2, 0.25) is 0 Å². The van der Waals surface area contributed by atoms with E-state index in [0.29, 0.717) is 0 Å². The van der Waals surface area contributed by atoms with E-state index in [4.69, 9.17) is 18.6 Å². The number of rotatable bonds is 9. The molecule has 0 N–H and O–H groups in total. The van der Waals surface area contributed by atoms with Gasteiger partial charge in [0.05, 0.1) is 13.6 Å². The van der Waals surface area contributed by atoms with E-state index in [1.807, 2.05) is 0 Å². The van der Waals surface area contributed by atoms with Crippen molar-refractivity contribution in [3.05, 3.63) is 18.7 Å². The first kappa shape index (κ1) is 20.3. The van der Waals surface area contributed by atoms with Crippen LogP contribution in [0.25, 0.3) is 0 Å². The maximum absolute atomic E-state index is 8.49. The molecule has 1 aromatic heterocycles. The lowest BCUT2D eigenvalue weighted by molar-refractivity contribution is -2.00. The fourth-order valence-corrected chi connectivity index (χ4v) is 2.06. The molecule has 21 heavy (non-hydrogen) atoms. The second-order valence-electron chi connectivity index (χ2n) is 5.17. The van der Waals surface area contributed by atoms with Gasteiger partial charge < -0.3 is 0 Å². The fraction of sp³-hybridized carbons (Fsp3) is 0.786. The minimum atomic E-state index is -4.94. The molecule has 124 valence electrons. The highest BCUT2D eigenvalue weighted by atomic mass is 35.7. The van der Waals surface area contributed by atoms with Crippen LogP contribution in [0.4, 0.5) is 0 Å². The molecule has 0 unspecified atom stereocenters. The summed E-state index contributed by atoms with van der Waals surface area (Å²) in [6.45, 7) is 3.45. The number of unbranched alkanes of at least 4 members (excludes halogenated alkanes) is 7. The first-order chi connectivity index (χ1) is 9.83. The zero-order chi connectivity index (χ0) is 16.1. The maximum Gasteiger partial charge on any atom is 0.243 e. The average molecular weight is 323 g/mol. The Morgan fingerprint density at radius 2 is 1.38 bits per heavy atom. The molecule has 6 nitrogen and oxygen atoms in total. The molecule has 0 aliphatic rings. The molecule has 0 aliphatic carbocycles. The van der Waals surface area contributed by atoms with Gasteiger partial charge in [-0.3, -0.25) is 0 Å². The van der Waals surface area contributed by atoms with Gasteiger partial charge in [-0.2, -0.15) is 0 Å². The van der Waals surface area contributed by atoms with E-state index >= 15 is 0 Å². The van der Waals surface area contributed by atoms with Crippen LogP contribution in [0.15, 0.2) is 18.7 Å². The lowest BCUT2D eigenvalue weighted by atomic mass is 10.1. The van der Waals surface area contributed by atoms with Crippen LogP contribution in [-0.4, -0.2) is 4.57 Å². The first-order valence-electron chi connectivity index (χ1n) is 7.45. The van der Waals surface area contributed by atoms with E-state index in [1.165, 1.54) is 57.9 Å². The standard InChI is InChI=1S/C14H27N2.ClHO4/c1-3-4-5-6-7-8-9-10-11-16-13-12-15(2)14-16;2-1(3,4)5/h12-14H,3-11H2,1-2H3;(H,2,3,4,5)/q+1;/p-1. The Balaban J connectivity index is 0.000000690. The van der Waals surface area contributed by atoms with Gasteiger partial charge >= 0.3 is 0 Å². The van der Waals surface area contributed by atoms with Crippen molar-refractivity contribution in [1.29, 1.82) is 0 Å². The molecule has 1 aromatic rings. The molecule has 0 atom stereocenters. The van der Waals surface area contributed by atoms with E-state index in [9.17, 15) is 0 Å². The van der Waals surface area contributed by atoms with Gasteiger partial charge in [-0.1, -0.05) is 45.4 Å². The Bertz CT molecular complexity index is 347. The molecule has 0 radical (unpaired) electrons. The van der Waals surface area contributed by atoms with Gasteiger partial charge in [-0.05, 0) is 12.8 Å². The van der Waals surface area contributed by atoms with Crippen molar-refractivity contribution in [2.24, 2.45) is 7.05 Å². The molecule has 1 heterocycles. The summed E-state index contributed by atoms with van der Waals surface area (Å²) in [7, 11) is -2.87. The van der Waals surface area contributed by atoms with E-state index in [2.05, 4.69) is 41.8 Å². The molecule has 1 rings (SSSR count). The van der Waals surface area contributed by atoms with Gasteiger partial charge in [0.1, 0.15) is 12.4 Å². The summed E-state index contributed by atoms with van der Waals surface area (Å²) in [6.07, 6.45) is 17.6. The van der Waals surface area contributed by atoms with Crippen molar-refractivity contribution in [2.45, 2.75) is 64.8 Å². The molecular formula is C14H27ClN2O4.